The maximum atomic E-state index is 9.69. The highest BCUT2D eigenvalue weighted by molar-refractivity contribution is 5.22. The van der Waals surface area contributed by atoms with Crippen molar-refractivity contribution in [3.05, 3.63) is 23.9 Å². The second-order valence-electron chi connectivity index (χ2n) is 3.66. The standard InChI is InChI=1S/C10H14N2O/c1-10(9(13)4-6-11)5-2-3-8(12)7-10/h2-3,5,9,13H,4,7,12H2,1H3. The van der Waals surface area contributed by atoms with Crippen molar-refractivity contribution in [2.45, 2.75) is 25.9 Å². The first-order chi connectivity index (χ1) is 6.08. The van der Waals surface area contributed by atoms with Gasteiger partial charge in [0.2, 0.25) is 0 Å². The largest absolute Gasteiger partial charge is 0.402 e. The summed E-state index contributed by atoms with van der Waals surface area (Å²) >= 11 is 0. The van der Waals surface area contributed by atoms with Gasteiger partial charge in [0, 0.05) is 11.1 Å². The third-order valence-corrected chi connectivity index (χ3v) is 2.42. The summed E-state index contributed by atoms with van der Waals surface area (Å²) in [7, 11) is 0. The number of aliphatic hydroxyl groups is 1. The quantitative estimate of drug-likeness (QED) is 0.664. The molecule has 1 rings (SSSR count). The molecule has 2 atom stereocenters. The van der Waals surface area contributed by atoms with E-state index in [-0.39, 0.29) is 11.8 Å². The molecule has 1 aliphatic rings. The fourth-order valence-corrected chi connectivity index (χ4v) is 1.50. The monoisotopic (exact) mass is 178 g/mol. The molecular weight excluding hydrogens is 164 g/mol. The molecule has 0 aromatic rings. The zero-order chi connectivity index (χ0) is 9.90. The Labute approximate surface area is 78.2 Å². The van der Waals surface area contributed by atoms with Crippen molar-refractivity contribution in [1.82, 2.24) is 0 Å². The summed E-state index contributed by atoms with van der Waals surface area (Å²) < 4.78 is 0. The van der Waals surface area contributed by atoms with Crippen molar-refractivity contribution in [1.29, 1.82) is 5.26 Å². The normalized spacial score (nSPS) is 29.2. The lowest BCUT2D eigenvalue weighted by molar-refractivity contribution is 0.0733. The number of hydrogen-bond acceptors (Lipinski definition) is 3. The molecule has 70 valence electrons. The van der Waals surface area contributed by atoms with E-state index in [1.54, 1.807) is 0 Å². The van der Waals surface area contributed by atoms with Crippen LogP contribution in [0.1, 0.15) is 19.8 Å². The Morgan fingerprint density at radius 2 is 2.54 bits per heavy atom. The van der Waals surface area contributed by atoms with Crippen LogP contribution in [0.25, 0.3) is 0 Å². The Kier molecular flexibility index (Phi) is 2.74. The molecule has 0 saturated carbocycles. The lowest BCUT2D eigenvalue weighted by Crippen LogP contribution is -2.32. The number of hydrogen-bond donors (Lipinski definition) is 2. The first-order valence-corrected chi connectivity index (χ1v) is 4.27. The molecule has 13 heavy (non-hydrogen) atoms. The van der Waals surface area contributed by atoms with E-state index in [4.69, 9.17) is 11.0 Å². The van der Waals surface area contributed by atoms with Crippen LogP contribution >= 0.6 is 0 Å². The number of nitrogens with two attached hydrogens (primary N) is 1. The molecule has 0 radical (unpaired) electrons. The molecule has 1 aliphatic carbocycles. The third-order valence-electron chi connectivity index (χ3n) is 2.42. The van der Waals surface area contributed by atoms with E-state index in [9.17, 15) is 5.11 Å². The van der Waals surface area contributed by atoms with Crippen LogP contribution < -0.4 is 5.73 Å². The molecule has 3 nitrogen and oxygen atoms in total. The van der Waals surface area contributed by atoms with Crippen LogP contribution in [0.5, 0.6) is 0 Å². The number of nitrogens with zero attached hydrogens (tertiary/aromatic N) is 1. The molecule has 0 aromatic carbocycles. The summed E-state index contributed by atoms with van der Waals surface area (Å²) in [4.78, 5) is 0. The van der Waals surface area contributed by atoms with Gasteiger partial charge in [-0.1, -0.05) is 19.1 Å². The van der Waals surface area contributed by atoms with E-state index in [0.717, 1.165) is 5.70 Å². The fourth-order valence-electron chi connectivity index (χ4n) is 1.50. The fraction of sp³-hybridized carbons (Fsp3) is 0.500. The molecule has 0 bridgehead atoms. The average Bonchev–Trinajstić information content (AvgIpc) is 2.04. The zero-order valence-electron chi connectivity index (χ0n) is 7.70. The maximum Gasteiger partial charge on any atom is 0.0761 e. The van der Waals surface area contributed by atoms with Gasteiger partial charge in [0.15, 0.2) is 0 Å². The van der Waals surface area contributed by atoms with Crippen LogP contribution in [0, 0.1) is 16.7 Å². The highest BCUT2D eigenvalue weighted by atomic mass is 16.3. The number of allylic oxidation sites excluding steroid dienone is 3. The van der Waals surface area contributed by atoms with E-state index in [1.165, 1.54) is 0 Å². The Morgan fingerprint density at radius 3 is 3.08 bits per heavy atom. The lowest BCUT2D eigenvalue weighted by atomic mass is 9.76. The van der Waals surface area contributed by atoms with Crippen molar-refractivity contribution >= 4 is 0 Å². The average molecular weight is 178 g/mol. The lowest BCUT2D eigenvalue weighted by Gasteiger charge is -2.32. The molecule has 3 N–H and O–H groups in total. The molecule has 0 fully saturated rings. The van der Waals surface area contributed by atoms with E-state index >= 15 is 0 Å². The van der Waals surface area contributed by atoms with Gasteiger partial charge in [0.05, 0.1) is 18.6 Å². The molecule has 0 saturated heterocycles. The van der Waals surface area contributed by atoms with Gasteiger partial charge in [-0.05, 0) is 12.5 Å². The van der Waals surface area contributed by atoms with Crippen molar-refractivity contribution in [2.75, 3.05) is 0 Å². The maximum absolute atomic E-state index is 9.69. The van der Waals surface area contributed by atoms with Crippen LogP contribution in [0.2, 0.25) is 0 Å². The smallest absolute Gasteiger partial charge is 0.0761 e. The Morgan fingerprint density at radius 1 is 1.85 bits per heavy atom. The minimum atomic E-state index is -0.638. The topological polar surface area (TPSA) is 70.0 Å². The van der Waals surface area contributed by atoms with E-state index in [1.807, 2.05) is 31.2 Å². The SMILES string of the molecule is CC1(C(O)CC#N)C=CC=C(N)C1. The predicted molar refractivity (Wildman–Crippen MR) is 50.4 cm³/mol. The van der Waals surface area contributed by atoms with Crippen molar-refractivity contribution in [3.63, 3.8) is 0 Å². The van der Waals surface area contributed by atoms with E-state index < -0.39 is 6.10 Å². The van der Waals surface area contributed by atoms with Gasteiger partial charge in [0.1, 0.15) is 0 Å². The van der Waals surface area contributed by atoms with Gasteiger partial charge in [-0.25, -0.2) is 0 Å². The summed E-state index contributed by atoms with van der Waals surface area (Å²) in [5.74, 6) is 0. The van der Waals surface area contributed by atoms with Crippen LogP contribution in [-0.2, 0) is 0 Å². The molecule has 2 unspecified atom stereocenters. The van der Waals surface area contributed by atoms with Crippen molar-refractivity contribution in [3.8, 4) is 6.07 Å². The molecule has 0 aliphatic heterocycles. The minimum absolute atomic E-state index is 0.147. The molecular formula is C10H14N2O. The minimum Gasteiger partial charge on any atom is -0.402 e. The Hall–Kier alpha value is -1.27. The van der Waals surface area contributed by atoms with Gasteiger partial charge < -0.3 is 10.8 Å². The Bertz CT molecular complexity index is 288. The first kappa shape index (κ1) is 9.82. The zero-order valence-corrected chi connectivity index (χ0v) is 7.70. The molecule has 0 heterocycles. The molecule has 3 heteroatoms. The van der Waals surface area contributed by atoms with Crippen LogP contribution in [-0.4, -0.2) is 11.2 Å². The van der Waals surface area contributed by atoms with E-state index in [2.05, 4.69) is 0 Å². The van der Waals surface area contributed by atoms with Gasteiger partial charge >= 0.3 is 0 Å². The van der Waals surface area contributed by atoms with Crippen LogP contribution in [0.4, 0.5) is 0 Å². The van der Waals surface area contributed by atoms with E-state index in [0.29, 0.717) is 6.42 Å². The van der Waals surface area contributed by atoms with Gasteiger partial charge in [-0.3, -0.25) is 0 Å². The Balaban J connectivity index is 2.74. The predicted octanol–water partition coefficient (Wildman–Crippen LogP) is 1.07. The molecule has 0 amide bonds. The molecule has 0 aromatic heterocycles. The third kappa shape index (κ3) is 2.10. The molecule has 0 spiro atoms. The summed E-state index contributed by atoms with van der Waals surface area (Å²) in [5, 5.41) is 18.2. The second-order valence-corrected chi connectivity index (χ2v) is 3.66. The first-order valence-electron chi connectivity index (χ1n) is 4.27. The van der Waals surface area contributed by atoms with Gasteiger partial charge in [0.25, 0.3) is 0 Å². The van der Waals surface area contributed by atoms with Crippen LogP contribution in [0.3, 0.4) is 0 Å². The summed E-state index contributed by atoms with van der Waals surface area (Å²) in [5.41, 5.74) is 6.03. The van der Waals surface area contributed by atoms with Gasteiger partial charge in [-0.2, -0.15) is 5.26 Å². The van der Waals surface area contributed by atoms with Crippen molar-refractivity contribution in [2.24, 2.45) is 11.1 Å². The van der Waals surface area contributed by atoms with Crippen LogP contribution in [0.15, 0.2) is 23.9 Å². The summed E-state index contributed by atoms with van der Waals surface area (Å²) in [6.45, 7) is 1.91. The number of rotatable bonds is 2. The summed E-state index contributed by atoms with van der Waals surface area (Å²) in [6, 6.07) is 1.96. The van der Waals surface area contributed by atoms with Crippen molar-refractivity contribution < 1.29 is 5.11 Å². The number of nitriles is 1. The van der Waals surface area contributed by atoms with Gasteiger partial charge in [-0.15, -0.1) is 0 Å². The summed E-state index contributed by atoms with van der Waals surface area (Å²) in [6.07, 6.45) is 5.69. The highest BCUT2D eigenvalue weighted by Gasteiger charge is 2.31. The number of aliphatic hydroxyl groups excluding tert-OH is 1. The highest BCUT2D eigenvalue weighted by Crippen LogP contribution is 2.34. The second kappa shape index (κ2) is 3.63.